The molecule has 3 aliphatic rings. The lowest BCUT2D eigenvalue weighted by molar-refractivity contribution is -0.0516. The molecule has 0 spiro atoms. The second-order valence-electron chi connectivity index (χ2n) is 11.3. The molecule has 1 aromatic heterocycles. The fraction of sp³-hybridized carbons (Fsp3) is 0.533. The van der Waals surface area contributed by atoms with Crippen LogP contribution in [0.4, 0.5) is 24.7 Å². The van der Waals surface area contributed by atoms with Crippen LogP contribution >= 0.6 is 11.6 Å². The number of aromatic nitrogens is 1. The summed E-state index contributed by atoms with van der Waals surface area (Å²) in [5.74, 6) is -2.34. The second kappa shape index (κ2) is 11.1. The van der Waals surface area contributed by atoms with Gasteiger partial charge in [-0.25, -0.2) is 18.2 Å². The number of pyridine rings is 1. The van der Waals surface area contributed by atoms with E-state index < -0.39 is 11.8 Å². The van der Waals surface area contributed by atoms with Crippen LogP contribution in [0.3, 0.4) is 0 Å². The van der Waals surface area contributed by atoms with Gasteiger partial charge in [-0.15, -0.1) is 0 Å². The molecule has 2 aliphatic heterocycles. The van der Waals surface area contributed by atoms with Crippen molar-refractivity contribution in [1.29, 1.82) is 5.41 Å². The number of amidine groups is 1. The van der Waals surface area contributed by atoms with E-state index in [9.17, 15) is 18.6 Å². The normalized spacial score (nSPS) is 20.6. The van der Waals surface area contributed by atoms with Crippen LogP contribution in [0, 0.1) is 30.0 Å². The first-order chi connectivity index (χ1) is 18.6. The molecular formula is C30H37ClF3N5. The number of benzene rings is 1. The number of allylic oxidation sites excluding steroid dienone is 1. The zero-order valence-electron chi connectivity index (χ0n) is 22.9. The summed E-state index contributed by atoms with van der Waals surface area (Å²) in [5, 5.41) is 9.98. The van der Waals surface area contributed by atoms with Crippen molar-refractivity contribution in [3.05, 3.63) is 63.7 Å². The van der Waals surface area contributed by atoms with E-state index in [0.29, 0.717) is 55.6 Å². The summed E-state index contributed by atoms with van der Waals surface area (Å²) >= 11 is 6.38. The van der Waals surface area contributed by atoms with Crippen molar-refractivity contribution in [3.63, 3.8) is 0 Å². The van der Waals surface area contributed by atoms with E-state index >= 15 is 0 Å². The number of alkyl halides is 2. The third-order valence-corrected chi connectivity index (χ3v) is 8.64. The van der Waals surface area contributed by atoms with E-state index in [2.05, 4.69) is 16.8 Å². The summed E-state index contributed by atoms with van der Waals surface area (Å²) < 4.78 is 43.7. The van der Waals surface area contributed by atoms with Gasteiger partial charge in [0.2, 0.25) is 0 Å². The van der Waals surface area contributed by atoms with Crippen LogP contribution in [0.1, 0.15) is 57.2 Å². The molecule has 39 heavy (non-hydrogen) atoms. The molecule has 2 aromatic rings. The first-order valence-electron chi connectivity index (χ1n) is 13.9. The lowest BCUT2D eigenvalue weighted by Gasteiger charge is -2.38. The van der Waals surface area contributed by atoms with E-state index in [0.717, 1.165) is 47.6 Å². The molecular weight excluding hydrogens is 523 g/mol. The summed E-state index contributed by atoms with van der Waals surface area (Å²) in [7, 11) is 0. The van der Waals surface area contributed by atoms with Gasteiger partial charge in [-0.05, 0) is 81.8 Å². The van der Waals surface area contributed by atoms with Crippen LogP contribution in [0.15, 0.2) is 41.6 Å². The Morgan fingerprint density at radius 3 is 2.46 bits per heavy atom. The summed E-state index contributed by atoms with van der Waals surface area (Å²) in [6.07, 6.45) is 3.43. The Labute approximate surface area is 234 Å². The summed E-state index contributed by atoms with van der Waals surface area (Å²) in [6.45, 7) is 7.60. The molecule has 210 valence electrons. The van der Waals surface area contributed by atoms with Gasteiger partial charge in [0, 0.05) is 48.7 Å². The van der Waals surface area contributed by atoms with Crippen molar-refractivity contribution in [2.75, 3.05) is 36.0 Å². The zero-order valence-corrected chi connectivity index (χ0v) is 23.7. The molecule has 5 rings (SSSR count). The lowest BCUT2D eigenvalue weighted by atomic mass is 9.93. The Bertz CT molecular complexity index is 1270. The summed E-state index contributed by atoms with van der Waals surface area (Å²) in [5.41, 5.74) is 4.09. The van der Waals surface area contributed by atoms with Crippen molar-refractivity contribution in [2.45, 2.75) is 65.3 Å². The highest BCUT2D eigenvalue weighted by Crippen LogP contribution is 2.45. The molecule has 0 unspecified atom stereocenters. The highest BCUT2D eigenvalue weighted by molar-refractivity contribution is 6.30. The van der Waals surface area contributed by atoms with Crippen LogP contribution in [0.25, 0.3) is 0 Å². The molecule has 0 amide bonds. The maximum absolute atomic E-state index is 15.0. The zero-order chi connectivity index (χ0) is 27.9. The minimum absolute atomic E-state index is 0.00886. The predicted octanol–water partition coefficient (Wildman–Crippen LogP) is 7.43. The minimum Gasteiger partial charge on any atom is -0.357 e. The van der Waals surface area contributed by atoms with Gasteiger partial charge >= 0.3 is 0 Å². The average molecular weight is 560 g/mol. The Kier molecular flexibility index (Phi) is 7.98. The van der Waals surface area contributed by atoms with Crippen molar-refractivity contribution in [3.8, 4) is 0 Å². The molecule has 1 aliphatic carbocycles. The number of rotatable bonds is 6. The minimum atomic E-state index is -2.73. The number of fused-ring (bicyclic) bond motifs is 1. The molecule has 3 heterocycles. The third kappa shape index (κ3) is 5.97. The molecule has 1 saturated carbocycles. The predicted molar refractivity (Wildman–Crippen MR) is 151 cm³/mol. The smallest absolute Gasteiger partial charge is 0.263 e. The summed E-state index contributed by atoms with van der Waals surface area (Å²) in [6, 6.07) is 8.76. The Morgan fingerprint density at radius 1 is 1.10 bits per heavy atom. The number of hydrogen-bond donors (Lipinski definition) is 1. The Hall–Kier alpha value is -2.58. The number of halogens is 4. The second-order valence-corrected chi connectivity index (χ2v) is 11.7. The maximum atomic E-state index is 15.0. The number of piperidine rings is 1. The fourth-order valence-electron chi connectivity index (χ4n) is 5.74. The van der Waals surface area contributed by atoms with Crippen LogP contribution < -0.4 is 9.80 Å². The van der Waals surface area contributed by atoms with E-state index in [1.165, 1.54) is 6.07 Å². The van der Waals surface area contributed by atoms with Gasteiger partial charge < -0.3 is 9.80 Å². The molecule has 1 aromatic carbocycles. The number of hydrogen-bond acceptors (Lipinski definition) is 4. The van der Waals surface area contributed by atoms with Crippen LogP contribution in [0.5, 0.6) is 0 Å². The van der Waals surface area contributed by atoms with Gasteiger partial charge in [0.15, 0.2) is 0 Å². The molecule has 5 nitrogen and oxygen atoms in total. The highest BCUT2D eigenvalue weighted by atomic mass is 35.5. The van der Waals surface area contributed by atoms with Gasteiger partial charge in [0.05, 0.1) is 17.9 Å². The average Bonchev–Trinajstić information content (AvgIpc) is 3.77. The van der Waals surface area contributed by atoms with Gasteiger partial charge in [0.25, 0.3) is 5.92 Å². The van der Waals surface area contributed by atoms with E-state index in [4.69, 9.17) is 11.6 Å². The van der Waals surface area contributed by atoms with Crippen molar-refractivity contribution >= 4 is 28.9 Å². The van der Waals surface area contributed by atoms with Crippen molar-refractivity contribution < 1.29 is 13.2 Å². The fourth-order valence-corrected chi connectivity index (χ4v) is 5.94. The molecule has 2 fully saturated rings. The molecule has 1 N–H and O–H groups in total. The monoisotopic (exact) mass is 559 g/mol. The number of aryl methyl sites for hydroxylation is 1. The van der Waals surface area contributed by atoms with Crippen LogP contribution in [-0.2, 0) is 6.54 Å². The van der Waals surface area contributed by atoms with Gasteiger partial charge in [-0.2, -0.15) is 0 Å². The lowest BCUT2D eigenvalue weighted by Crippen LogP contribution is -2.44. The van der Waals surface area contributed by atoms with E-state index in [1.807, 2.05) is 34.9 Å². The molecule has 9 heteroatoms. The molecule has 1 saturated heterocycles. The maximum Gasteiger partial charge on any atom is 0.263 e. The quantitative estimate of drug-likeness (QED) is 0.295. The van der Waals surface area contributed by atoms with Gasteiger partial charge in [-0.3, -0.25) is 10.3 Å². The first kappa shape index (κ1) is 28.0. The van der Waals surface area contributed by atoms with Gasteiger partial charge in [0.1, 0.15) is 17.5 Å². The van der Waals surface area contributed by atoms with E-state index in [1.54, 1.807) is 13.0 Å². The molecule has 0 radical (unpaired) electrons. The van der Waals surface area contributed by atoms with Crippen LogP contribution in [-0.4, -0.2) is 47.8 Å². The largest absolute Gasteiger partial charge is 0.357 e. The topological polar surface area (TPSA) is 46.5 Å². The summed E-state index contributed by atoms with van der Waals surface area (Å²) in [4.78, 5) is 10.4. The number of anilines is 2. The molecule has 0 atom stereocenters. The SMILES string of the molecule is CC/C(C)=C1/CN(CC(F)(F)C2CC2)Cc2cc(Cl)ccc2N1C(=N)C1CCN(c2ccc(F)c(C)n2)CC1. The highest BCUT2D eigenvalue weighted by Gasteiger charge is 2.48. The van der Waals surface area contributed by atoms with Gasteiger partial charge in [-0.1, -0.05) is 24.1 Å². The Balaban J connectivity index is 1.42. The molecule has 0 bridgehead atoms. The number of nitrogens with one attached hydrogen (secondary N) is 1. The third-order valence-electron chi connectivity index (χ3n) is 8.40. The standard InChI is InChI=1S/C30H37ClF3N5/c1-4-19(2)27-17-37(18-30(33,34)23-5-6-23)16-22-15-24(31)7-9-26(22)39(27)29(35)21-11-13-38(14-12-21)28-10-8-25(32)20(3)36-28/h7-10,15,21,23,35H,4-6,11-14,16-18H2,1-3H3/b27-19-,35-29?. The van der Waals surface area contributed by atoms with E-state index in [-0.39, 0.29) is 18.3 Å². The Morgan fingerprint density at radius 2 is 1.82 bits per heavy atom. The number of nitrogens with zero attached hydrogens (tertiary/aromatic N) is 4. The van der Waals surface area contributed by atoms with Crippen LogP contribution in [0.2, 0.25) is 5.02 Å². The van der Waals surface area contributed by atoms with Crippen molar-refractivity contribution in [2.24, 2.45) is 11.8 Å². The van der Waals surface area contributed by atoms with Crippen molar-refractivity contribution in [1.82, 2.24) is 9.88 Å². The first-order valence-corrected chi connectivity index (χ1v) is 14.3.